The number of phenols is 1. The maximum atomic E-state index is 9.85. The molecule has 0 saturated carbocycles. The van der Waals surface area contributed by atoms with Gasteiger partial charge >= 0.3 is 11.9 Å². The van der Waals surface area contributed by atoms with Crippen molar-refractivity contribution in [2.24, 2.45) is 0 Å². The summed E-state index contributed by atoms with van der Waals surface area (Å²) in [5.41, 5.74) is 1.45. The zero-order valence-corrected chi connectivity index (χ0v) is 15.5. The van der Waals surface area contributed by atoms with Gasteiger partial charge in [-0.05, 0) is 50.4 Å². The highest BCUT2D eigenvalue weighted by Gasteiger charge is 2.42. The summed E-state index contributed by atoms with van der Waals surface area (Å²) in [5, 5.41) is 24.6. The summed E-state index contributed by atoms with van der Waals surface area (Å²) < 4.78 is 0. The Hall–Kier alpha value is -2.34. The number of hydrogen-bond donors (Lipinski definition) is 3. The van der Waals surface area contributed by atoms with E-state index < -0.39 is 11.9 Å². The minimum Gasteiger partial charge on any atom is -0.508 e. The van der Waals surface area contributed by atoms with Crippen LogP contribution in [0, 0.1) is 0 Å². The van der Waals surface area contributed by atoms with Gasteiger partial charge < -0.3 is 15.3 Å². The van der Waals surface area contributed by atoms with Crippen LogP contribution in [0.15, 0.2) is 36.9 Å². The number of nitrogens with zero attached hydrogens (tertiary/aromatic N) is 1. The zero-order chi connectivity index (χ0) is 19.7. The van der Waals surface area contributed by atoms with Crippen molar-refractivity contribution in [3.8, 4) is 5.75 Å². The summed E-state index contributed by atoms with van der Waals surface area (Å²) in [7, 11) is 0. The smallest absolute Gasteiger partial charge is 0.414 e. The number of carbonyl (C=O) groups is 2. The Kier molecular flexibility index (Phi) is 8.32. The molecule has 1 heterocycles. The van der Waals surface area contributed by atoms with E-state index in [1.807, 2.05) is 18.2 Å². The number of piperidine rings is 1. The van der Waals surface area contributed by atoms with E-state index in [-0.39, 0.29) is 5.41 Å². The molecule has 2 atom stereocenters. The second-order valence-corrected chi connectivity index (χ2v) is 6.63. The minimum atomic E-state index is -1.82. The van der Waals surface area contributed by atoms with Crippen LogP contribution in [0.4, 0.5) is 0 Å². The summed E-state index contributed by atoms with van der Waals surface area (Å²) >= 11 is 0. The number of benzene rings is 1. The van der Waals surface area contributed by atoms with Crippen molar-refractivity contribution >= 4 is 11.9 Å². The van der Waals surface area contributed by atoms with Gasteiger partial charge in [0.25, 0.3) is 0 Å². The van der Waals surface area contributed by atoms with Crippen LogP contribution in [0.1, 0.15) is 45.1 Å². The number of carboxylic acids is 2. The highest BCUT2D eigenvalue weighted by Crippen LogP contribution is 2.43. The molecular weight excluding hydrogens is 334 g/mol. The van der Waals surface area contributed by atoms with Crippen LogP contribution in [-0.4, -0.2) is 51.3 Å². The molecular formula is C20H29NO5. The fourth-order valence-corrected chi connectivity index (χ4v) is 3.89. The predicted molar refractivity (Wildman–Crippen MR) is 100 cm³/mol. The third kappa shape index (κ3) is 5.33. The van der Waals surface area contributed by atoms with Crippen LogP contribution >= 0.6 is 0 Å². The van der Waals surface area contributed by atoms with E-state index in [1.54, 1.807) is 6.07 Å². The molecule has 2 unspecified atom stereocenters. The van der Waals surface area contributed by atoms with Gasteiger partial charge in [0.05, 0.1) is 0 Å². The van der Waals surface area contributed by atoms with Crippen LogP contribution in [-0.2, 0) is 15.0 Å². The van der Waals surface area contributed by atoms with Gasteiger partial charge in [0.2, 0.25) is 0 Å². The van der Waals surface area contributed by atoms with Crippen LogP contribution in [0.2, 0.25) is 0 Å². The van der Waals surface area contributed by atoms with Crippen LogP contribution in [0.5, 0.6) is 5.75 Å². The number of aromatic hydroxyl groups is 1. The first kappa shape index (κ1) is 21.7. The number of phenolic OH excluding ortho intramolecular Hbond substituents is 1. The fourth-order valence-electron chi connectivity index (χ4n) is 3.89. The third-order valence-electron chi connectivity index (χ3n) is 5.08. The molecule has 6 heteroatoms. The Balaban J connectivity index is 0.000000487. The maximum Gasteiger partial charge on any atom is 0.414 e. The van der Waals surface area contributed by atoms with Crippen LogP contribution < -0.4 is 0 Å². The third-order valence-corrected chi connectivity index (χ3v) is 5.08. The van der Waals surface area contributed by atoms with Gasteiger partial charge in [-0.15, -0.1) is 6.58 Å². The summed E-state index contributed by atoms with van der Waals surface area (Å²) in [6.45, 7) is 10.6. The topological polar surface area (TPSA) is 98.1 Å². The lowest BCUT2D eigenvalue weighted by Crippen LogP contribution is -2.53. The van der Waals surface area contributed by atoms with Crippen molar-refractivity contribution < 1.29 is 24.9 Å². The standard InChI is InChI=1S/C18H27NO.C2H2O4/c1-4-10-18(16-8-6-9-17(20)14-16)11-7-13-19(12-5-2)15(18)3;3-1(4)2(5)6/h5-6,8-9,14-15,20H,2,4,7,10-13H2,1,3H3;(H,3,4)(H,5,6). The average Bonchev–Trinajstić information content (AvgIpc) is 2.59. The molecule has 1 aliphatic heterocycles. The SMILES string of the molecule is C=CCN1CCCC(CCC)(c2cccc(O)c2)C1C.O=C(O)C(=O)O. The molecule has 1 fully saturated rings. The molecule has 0 aromatic heterocycles. The van der Waals surface area contributed by atoms with Gasteiger partial charge in [0.1, 0.15) is 5.75 Å². The number of likely N-dealkylation sites (tertiary alicyclic amines) is 1. The molecule has 0 radical (unpaired) electrons. The van der Waals surface area contributed by atoms with E-state index in [0.717, 1.165) is 13.1 Å². The van der Waals surface area contributed by atoms with E-state index in [0.29, 0.717) is 11.8 Å². The van der Waals surface area contributed by atoms with Crippen molar-refractivity contribution in [1.82, 2.24) is 4.90 Å². The molecule has 3 N–H and O–H groups in total. The van der Waals surface area contributed by atoms with Gasteiger partial charge in [0.15, 0.2) is 0 Å². The van der Waals surface area contributed by atoms with Crippen molar-refractivity contribution in [2.45, 2.75) is 51.0 Å². The van der Waals surface area contributed by atoms with Crippen molar-refractivity contribution in [1.29, 1.82) is 0 Å². The lowest BCUT2D eigenvalue weighted by atomic mass is 9.66. The molecule has 0 amide bonds. The summed E-state index contributed by atoms with van der Waals surface area (Å²) in [4.78, 5) is 20.7. The van der Waals surface area contributed by atoms with Crippen molar-refractivity contribution in [3.05, 3.63) is 42.5 Å². The van der Waals surface area contributed by atoms with Crippen LogP contribution in [0.3, 0.4) is 0 Å². The summed E-state index contributed by atoms with van der Waals surface area (Å²) in [6.07, 6.45) is 6.76. The minimum absolute atomic E-state index is 0.161. The fraction of sp³-hybridized carbons (Fsp3) is 0.500. The van der Waals surface area contributed by atoms with E-state index in [4.69, 9.17) is 19.8 Å². The normalized spacial score (nSPS) is 22.8. The Morgan fingerprint density at radius 2 is 2.00 bits per heavy atom. The van der Waals surface area contributed by atoms with E-state index in [1.165, 1.54) is 31.2 Å². The number of carboxylic acid groups (broad SMARTS) is 2. The molecule has 0 aliphatic carbocycles. The molecule has 144 valence electrons. The first-order chi connectivity index (χ1) is 12.3. The highest BCUT2D eigenvalue weighted by atomic mass is 16.4. The molecule has 0 bridgehead atoms. The number of rotatable bonds is 5. The first-order valence-corrected chi connectivity index (χ1v) is 8.89. The molecule has 1 saturated heterocycles. The Morgan fingerprint density at radius 1 is 1.35 bits per heavy atom. The molecule has 1 aromatic rings. The summed E-state index contributed by atoms with van der Waals surface area (Å²) in [5.74, 6) is -3.27. The quantitative estimate of drug-likeness (QED) is 0.549. The Morgan fingerprint density at radius 3 is 2.50 bits per heavy atom. The van der Waals surface area contributed by atoms with Gasteiger partial charge in [-0.1, -0.05) is 31.6 Å². The molecule has 1 aromatic carbocycles. The largest absolute Gasteiger partial charge is 0.508 e. The maximum absolute atomic E-state index is 9.85. The summed E-state index contributed by atoms with van der Waals surface area (Å²) in [6, 6.07) is 8.36. The molecule has 26 heavy (non-hydrogen) atoms. The zero-order valence-electron chi connectivity index (χ0n) is 15.5. The average molecular weight is 363 g/mol. The predicted octanol–water partition coefficient (Wildman–Crippen LogP) is 3.26. The lowest BCUT2D eigenvalue weighted by molar-refractivity contribution is -0.159. The number of aliphatic carboxylic acids is 2. The molecule has 1 aliphatic rings. The van der Waals surface area contributed by atoms with Crippen molar-refractivity contribution in [3.63, 3.8) is 0 Å². The highest BCUT2D eigenvalue weighted by molar-refractivity contribution is 6.27. The van der Waals surface area contributed by atoms with E-state index in [2.05, 4.69) is 31.4 Å². The van der Waals surface area contributed by atoms with Crippen molar-refractivity contribution in [2.75, 3.05) is 13.1 Å². The lowest BCUT2D eigenvalue weighted by Gasteiger charge is -2.49. The Bertz CT molecular complexity index is 614. The second-order valence-electron chi connectivity index (χ2n) is 6.63. The first-order valence-electron chi connectivity index (χ1n) is 8.89. The number of hydrogen-bond acceptors (Lipinski definition) is 4. The van der Waals surface area contributed by atoms with Gasteiger partial charge in [0, 0.05) is 18.0 Å². The molecule has 6 nitrogen and oxygen atoms in total. The molecule has 0 spiro atoms. The monoisotopic (exact) mass is 363 g/mol. The molecule has 2 rings (SSSR count). The van der Waals surface area contributed by atoms with E-state index in [9.17, 15) is 5.11 Å². The van der Waals surface area contributed by atoms with E-state index >= 15 is 0 Å². The van der Waals surface area contributed by atoms with Gasteiger partial charge in [-0.2, -0.15) is 0 Å². The second kappa shape index (κ2) is 9.97. The Labute approximate surface area is 154 Å². The van der Waals surface area contributed by atoms with Gasteiger partial charge in [-0.25, -0.2) is 9.59 Å². The van der Waals surface area contributed by atoms with Crippen LogP contribution in [0.25, 0.3) is 0 Å². The van der Waals surface area contributed by atoms with Gasteiger partial charge in [-0.3, -0.25) is 4.90 Å².